The lowest BCUT2D eigenvalue weighted by Gasteiger charge is -2.32. The topological polar surface area (TPSA) is 119 Å². The smallest absolute Gasteiger partial charge is 0.254 e. The molecule has 0 radical (unpaired) electrons. The number of benzene rings is 1. The molecule has 1 aliphatic rings. The van der Waals surface area contributed by atoms with Crippen LogP contribution in [0.4, 0.5) is 5.95 Å². The molecule has 0 atom stereocenters. The number of hydrogen-bond donors (Lipinski definition) is 2. The van der Waals surface area contributed by atoms with Gasteiger partial charge in [-0.1, -0.05) is 18.2 Å². The maximum atomic E-state index is 12.9. The fourth-order valence-corrected chi connectivity index (χ4v) is 3.87. The molecule has 9 nitrogen and oxygen atoms in total. The van der Waals surface area contributed by atoms with Gasteiger partial charge in [0.05, 0.1) is 6.42 Å². The van der Waals surface area contributed by atoms with Crippen molar-refractivity contribution in [3.05, 3.63) is 52.8 Å². The van der Waals surface area contributed by atoms with Crippen molar-refractivity contribution in [3.63, 3.8) is 0 Å². The molecule has 156 valence electrons. The van der Waals surface area contributed by atoms with Gasteiger partial charge in [-0.05, 0) is 38.8 Å². The van der Waals surface area contributed by atoms with Gasteiger partial charge >= 0.3 is 0 Å². The number of aryl methyl sites for hydroxylation is 2. The Morgan fingerprint density at radius 1 is 1.13 bits per heavy atom. The first-order valence-corrected chi connectivity index (χ1v) is 10.0. The quantitative estimate of drug-likeness (QED) is 0.673. The third kappa shape index (κ3) is 3.96. The van der Waals surface area contributed by atoms with Crippen LogP contribution in [-0.4, -0.2) is 55.4 Å². The molecule has 3 N–H and O–H groups in total. The van der Waals surface area contributed by atoms with Gasteiger partial charge in [-0.25, -0.2) is 4.98 Å². The summed E-state index contributed by atoms with van der Waals surface area (Å²) in [5, 5.41) is 7.22. The fraction of sp³-hybridized carbons (Fsp3) is 0.381. The number of piperidine rings is 1. The molecular weight excluding hydrogens is 382 g/mol. The van der Waals surface area contributed by atoms with Crippen molar-refractivity contribution in [3.8, 4) is 0 Å². The molecule has 30 heavy (non-hydrogen) atoms. The molecule has 2 aromatic heterocycles. The predicted molar refractivity (Wildman–Crippen MR) is 112 cm³/mol. The number of aromatic nitrogens is 4. The van der Waals surface area contributed by atoms with Crippen LogP contribution in [0.3, 0.4) is 0 Å². The normalized spacial score (nSPS) is 14.8. The highest BCUT2D eigenvalue weighted by molar-refractivity contribution is 5.94. The molecule has 3 aromatic rings. The third-order valence-electron chi connectivity index (χ3n) is 5.61. The predicted octanol–water partition coefficient (Wildman–Crippen LogP) is 1.29. The van der Waals surface area contributed by atoms with Gasteiger partial charge < -0.3 is 16.0 Å². The molecule has 0 saturated carbocycles. The molecule has 0 spiro atoms. The molecule has 0 bridgehead atoms. The molecular formula is C21H25N7O2. The summed E-state index contributed by atoms with van der Waals surface area (Å²) >= 11 is 0. The second-order valence-electron chi connectivity index (χ2n) is 7.61. The molecule has 9 heteroatoms. The Morgan fingerprint density at radius 2 is 1.83 bits per heavy atom. The standard InChI is InChI=1S/C21H25N7O2/c1-13-17(14(2)28-21(23-13)25-20(22)26-28)12-18(29)27-10-8-16(9-11-27)24-19(30)15-6-4-3-5-7-15/h3-7,16H,8-12H2,1-2H3,(H2,22,26)(H,24,30). The average molecular weight is 407 g/mol. The Bertz CT molecular complexity index is 1090. The molecule has 3 heterocycles. The van der Waals surface area contributed by atoms with E-state index in [2.05, 4.69) is 20.4 Å². The van der Waals surface area contributed by atoms with Gasteiger partial charge in [-0.15, -0.1) is 5.10 Å². The van der Waals surface area contributed by atoms with E-state index in [1.165, 1.54) is 0 Å². The number of nitrogen functional groups attached to an aromatic ring is 1. The number of anilines is 1. The van der Waals surface area contributed by atoms with Crippen LogP contribution in [0, 0.1) is 13.8 Å². The van der Waals surface area contributed by atoms with Crippen LogP contribution >= 0.6 is 0 Å². The second-order valence-corrected chi connectivity index (χ2v) is 7.61. The molecule has 2 amide bonds. The van der Waals surface area contributed by atoms with Crippen molar-refractivity contribution in [2.75, 3.05) is 18.8 Å². The van der Waals surface area contributed by atoms with Gasteiger partial charge in [0.15, 0.2) is 0 Å². The van der Waals surface area contributed by atoms with E-state index in [0.29, 0.717) is 24.4 Å². The van der Waals surface area contributed by atoms with Gasteiger partial charge in [0.25, 0.3) is 11.7 Å². The number of amides is 2. The van der Waals surface area contributed by atoms with Gasteiger partial charge in [-0.3, -0.25) is 9.59 Å². The summed E-state index contributed by atoms with van der Waals surface area (Å²) in [6, 6.07) is 9.25. The first-order chi connectivity index (χ1) is 14.4. The molecule has 4 rings (SSSR count). The van der Waals surface area contributed by atoms with E-state index in [0.717, 1.165) is 29.8 Å². The van der Waals surface area contributed by atoms with E-state index < -0.39 is 0 Å². The number of nitrogens with one attached hydrogen (secondary N) is 1. The van der Waals surface area contributed by atoms with E-state index in [-0.39, 0.29) is 30.2 Å². The maximum absolute atomic E-state index is 12.9. The summed E-state index contributed by atoms with van der Waals surface area (Å²) in [4.78, 5) is 35.6. The van der Waals surface area contributed by atoms with Gasteiger partial charge in [0.2, 0.25) is 11.9 Å². The van der Waals surface area contributed by atoms with Crippen molar-refractivity contribution in [1.29, 1.82) is 0 Å². The molecule has 1 fully saturated rings. The first kappa shape index (κ1) is 19.8. The van der Waals surface area contributed by atoms with Crippen molar-refractivity contribution < 1.29 is 9.59 Å². The lowest BCUT2D eigenvalue weighted by Crippen LogP contribution is -2.47. The Morgan fingerprint density at radius 3 is 2.53 bits per heavy atom. The Balaban J connectivity index is 1.37. The van der Waals surface area contributed by atoms with Crippen LogP contribution in [0.15, 0.2) is 30.3 Å². The fourth-order valence-electron chi connectivity index (χ4n) is 3.87. The molecule has 0 unspecified atom stereocenters. The number of likely N-dealkylation sites (tertiary alicyclic amines) is 1. The highest BCUT2D eigenvalue weighted by Gasteiger charge is 2.25. The zero-order valence-corrected chi connectivity index (χ0v) is 17.1. The summed E-state index contributed by atoms with van der Waals surface area (Å²) in [6.07, 6.45) is 1.72. The molecule has 0 aliphatic carbocycles. The number of nitrogens with zero attached hydrogens (tertiary/aromatic N) is 5. The number of rotatable bonds is 4. The van der Waals surface area contributed by atoms with E-state index in [1.54, 1.807) is 16.6 Å². The van der Waals surface area contributed by atoms with Crippen LogP contribution in [0.25, 0.3) is 5.78 Å². The van der Waals surface area contributed by atoms with E-state index in [9.17, 15) is 9.59 Å². The number of hydrogen-bond acceptors (Lipinski definition) is 6. The van der Waals surface area contributed by atoms with Gasteiger partial charge in [-0.2, -0.15) is 9.50 Å². The van der Waals surface area contributed by atoms with Gasteiger partial charge in [0.1, 0.15) is 0 Å². The third-order valence-corrected chi connectivity index (χ3v) is 5.61. The summed E-state index contributed by atoms with van der Waals surface area (Å²) in [7, 11) is 0. The average Bonchev–Trinajstić information content (AvgIpc) is 3.12. The molecule has 1 saturated heterocycles. The minimum atomic E-state index is -0.0712. The minimum Gasteiger partial charge on any atom is -0.366 e. The van der Waals surface area contributed by atoms with Crippen LogP contribution in [0.2, 0.25) is 0 Å². The number of nitrogens with two attached hydrogens (primary N) is 1. The largest absolute Gasteiger partial charge is 0.366 e. The number of carbonyl (C=O) groups excluding carboxylic acids is 2. The minimum absolute atomic E-state index is 0.0447. The van der Waals surface area contributed by atoms with Crippen molar-refractivity contribution in [2.24, 2.45) is 0 Å². The highest BCUT2D eigenvalue weighted by atomic mass is 16.2. The number of carbonyl (C=O) groups is 2. The second kappa shape index (κ2) is 8.10. The zero-order chi connectivity index (χ0) is 21.3. The molecule has 1 aromatic carbocycles. The van der Waals surface area contributed by atoms with Gasteiger partial charge in [0, 0.05) is 41.6 Å². The lowest BCUT2D eigenvalue weighted by atomic mass is 10.0. The Hall–Kier alpha value is -3.49. The van der Waals surface area contributed by atoms with E-state index in [1.807, 2.05) is 36.9 Å². The number of fused-ring (bicyclic) bond motifs is 1. The monoisotopic (exact) mass is 407 g/mol. The van der Waals surface area contributed by atoms with Crippen LogP contribution < -0.4 is 11.1 Å². The van der Waals surface area contributed by atoms with Crippen LogP contribution in [0.5, 0.6) is 0 Å². The van der Waals surface area contributed by atoms with Crippen molar-refractivity contribution in [2.45, 2.75) is 39.2 Å². The van der Waals surface area contributed by atoms with Crippen LogP contribution in [0.1, 0.15) is 40.2 Å². The zero-order valence-electron chi connectivity index (χ0n) is 17.1. The van der Waals surface area contributed by atoms with Crippen molar-refractivity contribution >= 4 is 23.5 Å². The first-order valence-electron chi connectivity index (χ1n) is 10.0. The van der Waals surface area contributed by atoms with Crippen LogP contribution in [-0.2, 0) is 11.2 Å². The summed E-state index contributed by atoms with van der Waals surface area (Å²) in [6.45, 7) is 4.99. The maximum Gasteiger partial charge on any atom is 0.254 e. The van der Waals surface area contributed by atoms with Crippen molar-refractivity contribution in [1.82, 2.24) is 29.8 Å². The van der Waals surface area contributed by atoms with E-state index >= 15 is 0 Å². The molecule has 1 aliphatic heterocycles. The summed E-state index contributed by atoms with van der Waals surface area (Å²) in [5.74, 6) is 0.572. The highest BCUT2D eigenvalue weighted by Crippen LogP contribution is 2.18. The lowest BCUT2D eigenvalue weighted by molar-refractivity contribution is -0.131. The summed E-state index contributed by atoms with van der Waals surface area (Å²) < 4.78 is 1.58. The SMILES string of the molecule is Cc1nc2nc(N)nn2c(C)c1CC(=O)N1CCC(NC(=O)c2ccccc2)CC1. The van der Waals surface area contributed by atoms with E-state index in [4.69, 9.17) is 5.73 Å². The Kier molecular flexibility index (Phi) is 5.35. The summed E-state index contributed by atoms with van der Waals surface area (Å²) in [5.41, 5.74) is 8.74. The Labute approximate surface area is 174 Å².